The van der Waals surface area contributed by atoms with Crippen molar-refractivity contribution >= 4 is 33.6 Å². The molecule has 2 rings (SSSR count). The zero-order chi connectivity index (χ0) is 12.3. The Morgan fingerprint density at radius 3 is 2.59 bits per heavy atom. The summed E-state index contributed by atoms with van der Waals surface area (Å²) in [6.07, 6.45) is 1.65. The number of nitrogens with zero attached hydrogens (tertiary/aromatic N) is 1. The third kappa shape index (κ3) is 3.08. The molecule has 2 aromatic rings. The number of carbonyl (C=O) groups excluding carboxylic acids is 1. The number of amides is 1. The quantitative estimate of drug-likeness (QED) is 0.948. The van der Waals surface area contributed by atoms with E-state index in [1.54, 1.807) is 18.3 Å². The highest BCUT2D eigenvalue weighted by molar-refractivity contribution is 9.10. The lowest BCUT2D eigenvalue weighted by Crippen LogP contribution is -2.12. The lowest BCUT2D eigenvalue weighted by Gasteiger charge is -2.04. The van der Waals surface area contributed by atoms with E-state index in [-0.39, 0.29) is 0 Å². The molecule has 17 heavy (non-hydrogen) atoms. The topological polar surface area (TPSA) is 56.0 Å². The molecule has 0 bridgehead atoms. The molecule has 2 N–H and O–H groups in total. The van der Waals surface area contributed by atoms with E-state index in [9.17, 15) is 4.79 Å². The van der Waals surface area contributed by atoms with Crippen molar-refractivity contribution in [3.63, 3.8) is 0 Å². The summed E-state index contributed by atoms with van der Waals surface area (Å²) in [5.41, 5.74) is 5.74. The molecule has 0 atom stereocenters. The van der Waals surface area contributed by atoms with Gasteiger partial charge in [-0.05, 0) is 36.4 Å². The fraction of sp³-hybridized carbons (Fsp3) is 0. The monoisotopic (exact) mass is 308 g/mol. The Balaban J connectivity index is 2.30. The zero-order valence-corrected chi connectivity index (χ0v) is 11.2. The second-order valence-electron chi connectivity index (χ2n) is 3.28. The number of carbonyl (C=O) groups is 1. The Morgan fingerprint density at radius 1 is 1.24 bits per heavy atom. The van der Waals surface area contributed by atoms with Crippen LogP contribution < -0.4 is 5.73 Å². The standard InChI is InChI=1S/C12H9BrN2OS/c13-8-3-5-9(6-4-8)17-12-10(11(14)16)2-1-7-15-12/h1-7H,(H2,14,16). The predicted octanol–water partition coefficient (Wildman–Crippen LogP) is 3.09. The molecular formula is C12H9BrN2OS. The van der Waals surface area contributed by atoms with Gasteiger partial charge in [0.2, 0.25) is 0 Å². The number of benzene rings is 1. The van der Waals surface area contributed by atoms with E-state index in [1.807, 2.05) is 24.3 Å². The Kier molecular flexibility index (Phi) is 3.81. The highest BCUT2D eigenvalue weighted by Crippen LogP contribution is 2.29. The first-order chi connectivity index (χ1) is 8.16. The second-order valence-corrected chi connectivity index (χ2v) is 5.25. The van der Waals surface area contributed by atoms with Gasteiger partial charge in [-0.3, -0.25) is 4.79 Å². The molecule has 1 aromatic heterocycles. The van der Waals surface area contributed by atoms with Crippen molar-refractivity contribution in [3.05, 3.63) is 52.6 Å². The Hall–Kier alpha value is -1.33. The van der Waals surface area contributed by atoms with Crippen molar-refractivity contribution in [1.82, 2.24) is 4.98 Å². The van der Waals surface area contributed by atoms with E-state index in [2.05, 4.69) is 20.9 Å². The molecule has 0 aliphatic heterocycles. The number of aromatic nitrogens is 1. The van der Waals surface area contributed by atoms with Crippen LogP contribution in [0.15, 0.2) is 57.0 Å². The number of hydrogen-bond donors (Lipinski definition) is 1. The largest absolute Gasteiger partial charge is 0.366 e. The predicted molar refractivity (Wildman–Crippen MR) is 71.0 cm³/mol. The minimum Gasteiger partial charge on any atom is -0.366 e. The first-order valence-corrected chi connectivity index (χ1v) is 6.46. The summed E-state index contributed by atoms with van der Waals surface area (Å²) in [5, 5.41) is 0.627. The molecule has 0 aliphatic carbocycles. The summed E-state index contributed by atoms with van der Waals surface area (Å²) in [6.45, 7) is 0. The number of primary amides is 1. The highest BCUT2D eigenvalue weighted by Gasteiger charge is 2.09. The molecule has 0 spiro atoms. The first kappa shape index (κ1) is 12.1. The molecule has 1 amide bonds. The number of hydrogen-bond acceptors (Lipinski definition) is 3. The third-order valence-corrected chi connectivity index (χ3v) is 3.62. The van der Waals surface area contributed by atoms with Crippen LogP contribution in [0.1, 0.15) is 10.4 Å². The van der Waals surface area contributed by atoms with E-state index in [0.29, 0.717) is 10.6 Å². The molecule has 5 heteroatoms. The molecule has 0 saturated carbocycles. The molecule has 3 nitrogen and oxygen atoms in total. The lowest BCUT2D eigenvalue weighted by atomic mass is 10.3. The van der Waals surface area contributed by atoms with Crippen LogP contribution in [0.3, 0.4) is 0 Å². The maximum Gasteiger partial charge on any atom is 0.251 e. The van der Waals surface area contributed by atoms with Crippen molar-refractivity contribution in [2.24, 2.45) is 5.73 Å². The smallest absolute Gasteiger partial charge is 0.251 e. The minimum atomic E-state index is -0.460. The number of pyridine rings is 1. The van der Waals surface area contributed by atoms with Gasteiger partial charge in [0.1, 0.15) is 5.03 Å². The Labute approximate surface area is 112 Å². The number of halogens is 1. The summed E-state index contributed by atoms with van der Waals surface area (Å²) in [4.78, 5) is 16.4. The van der Waals surface area contributed by atoms with Gasteiger partial charge in [0.15, 0.2) is 0 Å². The second kappa shape index (κ2) is 5.33. The van der Waals surface area contributed by atoms with Crippen molar-refractivity contribution in [2.75, 3.05) is 0 Å². The van der Waals surface area contributed by atoms with Crippen molar-refractivity contribution in [3.8, 4) is 0 Å². The van der Waals surface area contributed by atoms with E-state index in [4.69, 9.17) is 5.73 Å². The highest BCUT2D eigenvalue weighted by atomic mass is 79.9. The number of nitrogens with two attached hydrogens (primary N) is 1. The van der Waals surface area contributed by atoms with Crippen LogP contribution in [-0.4, -0.2) is 10.9 Å². The van der Waals surface area contributed by atoms with Gasteiger partial charge in [-0.1, -0.05) is 27.7 Å². The fourth-order valence-electron chi connectivity index (χ4n) is 1.27. The Morgan fingerprint density at radius 2 is 1.94 bits per heavy atom. The van der Waals surface area contributed by atoms with E-state index < -0.39 is 5.91 Å². The normalized spacial score (nSPS) is 10.2. The van der Waals surface area contributed by atoms with Crippen LogP contribution in [0.2, 0.25) is 0 Å². The van der Waals surface area contributed by atoms with Crippen LogP contribution in [-0.2, 0) is 0 Å². The lowest BCUT2D eigenvalue weighted by molar-refractivity contribution is 0.0997. The SMILES string of the molecule is NC(=O)c1cccnc1Sc1ccc(Br)cc1. The van der Waals surface area contributed by atoms with Crippen molar-refractivity contribution in [2.45, 2.75) is 9.92 Å². The van der Waals surface area contributed by atoms with Gasteiger partial charge in [-0.2, -0.15) is 0 Å². The van der Waals surface area contributed by atoms with Gasteiger partial charge < -0.3 is 5.73 Å². The Bertz CT molecular complexity index is 542. The maximum absolute atomic E-state index is 11.2. The molecular weight excluding hydrogens is 300 g/mol. The molecule has 0 aliphatic rings. The molecule has 1 heterocycles. The molecule has 86 valence electrons. The minimum absolute atomic E-state index is 0.445. The van der Waals surface area contributed by atoms with Crippen LogP contribution in [0.25, 0.3) is 0 Å². The van der Waals surface area contributed by atoms with E-state index in [1.165, 1.54) is 11.8 Å². The third-order valence-electron chi connectivity index (χ3n) is 2.06. The molecule has 0 fully saturated rings. The maximum atomic E-state index is 11.2. The van der Waals surface area contributed by atoms with Gasteiger partial charge in [-0.25, -0.2) is 4.98 Å². The zero-order valence-electron chi connectivity index (χ0n) is 8.76. The summed E-state index contributed by atoms with van der Waals surface area (Å²) in [6, 6.07) is 11.2. The van der Waals surface area contributed by atoms with Crippen LogP contribution in [0.4, 0.5) is 0 Å². The summed E-state index contributed by atoms with van der Waals surface area (Å²) >= 11 is 4.79. The fourth-order valence-corrected chi connectivity index (χ4v) is 2.43. The number of rotatable bonds is 3. The van der Waals surface area contributed by atoms with E-state index >= 15 is 0 Å². The molecule has 0 saturated heterocycles. The van der Waals surface area contributed by atoms with Gasteiger partial charge in [0.25, 0.3) is 5.91 Å². The van der Waals surface area contributed by atoms with E-state index in [0.717, 1.165) is 9.37 Å². The summed E-state index contributed by atoms with van der Waals surface area (Å²) in [7, 11) is 0. The van der Waals surface area contributed by atoms with Crippen molar-refractivity contribution < 1.29 is 4.79 Å². The molecule has 0 unspecified atom stereocenters. The van der Waals surface area contributed by atoms with Crippen LogP contribution >= 0.6 is 27.7 Å². The average molecular weight is 309 g/mol. The van der Waals surface area contributed by atoms with Gasteiger partial charge >= 0.3 is 0 Å². The van der Waals surface area contributed by atoms with Gasteiger partial charge in [0, 0.05) is 15.6 Å². The summed E-state index contributed by atoms with van der Waals surface area (Å²) < 4.78 is 1.01. The van der Waals surface area contributed by atoms with Crippen LogP contribution in [0, 0.1) is 0 Å². The first-order valence-electron chi connectivity index (χ1n) is 4.85. The molecule has 1 aromatic carbocycles. The average Bonchev–Trinajstić information content (AvgIpc) is 2.32. The summed E-state index contributed by atoms with van der Waals surface area (Å²) in [5.74, 6) is -0.460. The van der Waals surface area contributed by atoms with Crippen molar-refractivity contribution in [1.29, 1.82) is 0 Å². The van der Waals surface area contributed by atoms with Crippen LogP contribution in [0.5, 0.6) is 0 Å². The van der Waals surface area contributed by atoms with Gasteiger partial charge in [0.05, 0.1) is 5.56 Å². The molecule has 0 radical (unpaired) electrons. The van der Waals surface area contributed by atoms with Gasteiger partial charge in [-0.15, -0.1) is 0 Å².